The first-order chi connectivity index (χ1) is 8.06. The van der Waals surface area contributed by atoms with Crippen molar-refractivity contribution in [3.63, 3.8) is 0 Å². The Balaban J connectivity index is 2.67. The number of rotatable bonds is 5. The highest BCUT2D eigenvalue weighted by molar-refractivity contribution is 6.33. The molecule has 1 amide bonds. The van der Waals surface area contributed by atoms with E-state index >= 15 is 0 Å². The Morgan fingerprint density at radius 2 is 2.12 bits per heavy atom. The molecule has 0 fully saturated rings. The average Bonchev–Trinajstić information content (AvgIpc) is 2.29. The van der Waals surface area contributed by atoms with Gasteiger partial charge in [-0.2, -0.15) is 0 Å². The van der Waals surface area contributed by atoms with Crippen LogP contribution in [0.1, 0.15) is 10.4 Å². The summed E-state index contributed by atoms with van der Waals surface area (Å²) in [4.78, 5) is 13.6. The van der Waals surface area contributed by atoms with E-state index < -0.39 is 0 Å². The molecule has 0 bridgehead atoms. The van der Waals surface area contributed by atoms with Crippen LogP contribution in [0.25, 0.3) is 0 Å². The SMILES string of the molecule is COCC(Cl)CN(C)C(=O)c1ccccc1Cl. The minimum absolute atomic E-state index is 0.141. The lowest BCUT2D eigenvalue weighted by Gasteiger charge is -2.20. The fraction of sp³-hybridized carbons (Fsp3) is 0.417. The number of hydrogen-bond donors (Lipinski definition) is 0. The Morgan fingerprint density at radius 1 is 1.47 bits per heavy atom. The van der Waals surface area contributed by atoms with Crippen LogP contribution in [0.15, 0.2) is 24.3 Å². The maximum absolute atomic E-state index is 12.0. The zero-order valence-electron chi connectivity index (χ0n) is 9.82. The molecule has 0 saturated carbocycles. The second kappa shape index (κ2) is 6.84. The largest absolute Gasteiger partial charge is 0.383 e. The number of nitrogens with zero attached hydrogens (tertiary/aromatic N) is 1. The number of benzene rings is 1. The smallest absolute Gasteiger partial charge is 0.255 e. The summed E-state index contributed by atoms with van der Waals surface area (Å²) in [5.41, 5.74) is 0.484. The van der Waals surface area contributed by atoms with Crippen molar-refractivity contribution in [1.29, 1.82) is 0 Å². The third kappa shape index (κ3) is 4.19. The van der Waals surface area contributed by atoms with Gasteiger partial charge in [-0.25, -0.2) is 0 Å². The van der Waals surface area contributed by atoms with Gasteiger partial charge in [0.1, 0.15) is 0 Å². The summed E-state index contributed by atoms with van der Waals surface area (Å²) in [7, 11) is 3.27. The first kappa shape index (κ1) is 14.3. The first-order valence-electron chi connectivity index (χ1n) is 5.19. The number of hydrogen-bond acceptors (Lipinski definition) is 2. The zero-order valence-corrected chi connectivity index (χ0v) is 11.3. The Kier molecular flexibility index (Phi) is 5.75. The Hall–Kier alpha value is -0.770. The van der Waals surface area contributed by atoms with Gasteiger partial charge >= 0.3 is 0 Å². The molecule has 0 saturated heterocycles. The van der Waals surface area contributed by atoms with E-state index in [1.807, 2.05) is 0 Å². The molecule has 0 N–H and O–H groups in total. The lowest BCUT2D eigenvalue weighted by Crippen LogP contribution is -2.34. The van der Waals surface area contributed by atoms with Gasteiger partial charge in [-0.1, -0.05) is 23.7 Å². The quantitative estimate of drug-likeness (QED) is 0.774. The topological polar surface area (TPSA) is 29.5 Å². The molecule has 0 aromatic heterocycles. The van der Waals surface area contributed by atoms with E-state index in [1.165, 1.54) is 4.90 Å². The molecular weight excluding hydrogens is 261 g/mol. The fourth-order valence-electron chi connectivity index (χ4n) is 1.45. The normalized spacial score (nSPS) is 12.2. The van der Waals surface area contributed by atoms with Crippen LogP contribution < -0.4 is 0 Å². The molecule has 1 rings (SSSR count). The summed E-state index contributed by atoms with van der Waals surface area (Å²) in [6.45, 7) is 0.821. The number of amides is 1. The monoisotopic (exact) mass is 275 g/mol. The second-order valence-corrected chi connectivity index (χ2v) is 4.74. The lowest BCUT2D eigenvalue weighted by molar-refractivity contribution is 0.0782. The molecule has 0 heterocycles. The minimum Gasteiger partial charge on any atom is -0.383 e. The van der Waals surface area contributed by atoms with Crippen molar-refractivity contribution in [2.75, 3.05) is 27.3 Å². The Bertz CT molecular complexity index is 385. The van der Waals surface area contributed by atoms with Gasteiger partial charge in [0, 0.05) is 20.7 Å². The van der Waals surface area contributed by atoms with Crippen LogP contribution in [0.4, 0.5) is 0 Å². The molecule has 5 heteroatoms. The van der Waals surface area contributed by atoms with E-state index in [1.54, 1.807) is 38.4 Å². The third-order valence-corrected chi connectivity index (χ3v) is 2.86. The minimum atomic E-state index is -0.226. The van der Waals surface area contributed by atoms with Crippen LogP contribution in [0, 0.1) is 0 Å². The molecule has 1 atom stereocenters. The van der Waals surface area contributed by atoms with Crippen molar-refractivity contribution in [3.05, 3.63) is 34.9 Å². The Morgan fingerprint density at radius 3 is 2.71 bits per heavy atom. The van der Waals surface area contributed by atoms with Gasteiger partial charge in [0.15, 0.2) is 0 Å². The number of alkyl halides is 1. The van der Waals surface area contributed by atoms with Gasteiger partial charge in [0.25, 0.3) is 5.91 Å². The summed E-state index contributed by atoms with van der Waals surface area (Å²) in [6, 6.07) is 6.95. The molecule has 0 aliphatic carbocycles. The van der Waals surface area contributed by atoms with Crippen LogP contribution >= 0.6 is 23.2 Å². The van der Waals surface area contributed by atoms with Crippen molar-refractivity contribution in [2.45, 2.75) is 5.38 Å². The molecule has 3 nitrogen and oxygen atoms in total. The van der Waals surface area contributed by atoms with Gasteiger partial charge in [-0.15, -0.1) is 11.6 Å². The predicted octanol–water partition coefficient (Wildman–Crippen LogP) is 2.67. The molecule has 0 radical (unpaired) electrons. The standard InChI is InChI=1S/C12H15Cl2NO2/c1-15(7-9(13)8-17-2)12(16)10-5-3-4-6-11(10)14/h3-6,9H,7-8H2,1-2H3. The van der Waals surface area contributed by atoms with Gasteiger partial charge in [0.05, 0.1) is 22.6 Å². The van der Waals surface area contributed by atoms with E-state index in [-0.39, 0.29) is 11.3 Å². The maximum Gasteiger partial charge on any atom is 0.255 e. The van der Waals surface area contributed by atoms with Gasteiger partial charge in [0.2, 0.25) is 0 Å². The molecule has 1 aromatic rings. The van der Waals surface area contributed by atoms with Crippen LogP contribution in [-0.4, -0.2) is 43.5 Å². The van der Waals surface area contributed by atoms with E-state index in [4.69, 9.17) is 27.9 Å². The summed E-state index contributed by atoms with van der Waals surface area (Å²) >= 11 is 12.0. The van der Waals surface area contributed by atoms with Crippen molar-refractivity contribution < 1.29 is 9.53 Å². The van der Waals surface area contributed by atoms with Crippen LogP contribution in [0.2, 0.25) is 5.02 Å². The molecule has 1 aromatic carbocycles. The van der Waals surface area contributed by atoms with Gasteiger partial charge < -0.3 is 9.64 Å². The summed E-state index contributed by atoms with van der Waals surface area (Å²) < 4.78 is 4.92. The fourth-order valence-corrected chi connectivity index (χ4v) is 2.00. The number of methoxy groups -OCH3 is 1. The number of carbonyl (C=O) groups is 1. The van der Waals surface area contributed by atoms with Crippen LogP contribution in [0.3, 0.4) is 0 Å². The molecular formula is C12H15Cl2NO2. The highest BCUT2D eigenvalue weighted by atomic mass is 35.5. The third-order valence-electron chi connectivity index (χ3n) is 2.27. The van der Waals surface area contributed by atoms with E-state index in [0.29, 0.717) is 23.7 Å². The van der Waals surface area contributed by atoms with Gasteiger partial charge in [-0.05, 0) is 12.1 Å². The Labute approximate surface area is 111 Å². The predicted molar refractivity (Wildman–Crippen MR) is 69.9 cm³/mol. The molecule has 1 unspecified atom stereocenters. The average molecular weight is 276 g/mol. The van der Waals surface area contributed by atoms with E-state index in [0.717, 1.165) is 0 Å². The number of ether oxygens (including phenoxy) is 1. The summed E-state index contributed by atoms with van der Waals surface area (Å²) in [5.74, 6) is -0.141. The van der Waals surface area contributed by atoms with Crippen molar-refractivity contribution >= 4 is 29.1 Å². The van der Waals surface area contributed by atoms with Crippen molar-refractivity contribution in [3.8, 4) is 0 Å². The summed E-state index contributed by atoms with van der Waals surface area (Å²) in [5, 5.41) is 0.221. The number of halogens is 2. The maximum atomic E-state index is 12.0. The second-order valence-electron chi connectivity index (χ2n) is 3.72. The highest BCUT2D eigenvalue weighted by Crippen LogP contribution is 2.17. The number of carbonyl (C=O) groups excluding carboxylic acids is 1. The van der Waals surface area contributed by atoms with E-state index in [2.05, 4.69) is 0 Å². The van der Waals surface area contributed by atoms with Crippen LogP contribution in [0.5, 0.6) is 0 Å². The van der Waals surface area contributed by atoms with Crippen molar-refractivity contribution in [2.24, 2.45) is 0 Å². The van der Waals surface area contributed by atoms with Gasteiger partial charge in [-0.3, -0.25) is 4.79 Å². The summed E-state index contributed by atoms with van der Waals surface area (Å²) in [6.07, 6.45) is 0. The molecule has 0 aliphatic heterocycles. The molecule has 94 valence electrons. The first-order valence-corrected chi connectivity index (χ1v) is 6.00. The molecule has 0 aliphatic rings. The van der Waals surface area contributed by atoms with E-state index in [9.17, 15) is 4.79 Å². The lowest BCUT2D eigenvalue weighted by atomic mass is 10.2. The highest BCUT2D eigenvalue weighted by Gasteiger charge is 2.17. The van der Waals surface area contributed by atoms with Crippen LogP contribution in [-0.2, 0) is 4.74 Å². The van der Waals surface area contributed by atoms with Crippen molar-refractivity contribution in [1.82, 2.24) is 4.90 Å². The zero-order chi connectivity index (χ0) is 12.8. The molecule has 0 spiro atoms. The molecule has 17 heavy (non-hydrogen) atoms.